The van der Waals surface area contributed by atoms with Gasteiger partial charge in [-0.3, -0.25) is 4.79 Å². The minimum Gasteiger partial charge on any atom is -0.490 e. The van der Waals surface area contributed by atoms with Crippen LogP contribution in [-0.2, 0) is 0 Å². The van der Waals surface area contributed by atoms with Crippen LogP contribution in [0, 0.1) is 6.92 Å². The van der Waals surface area contributed by atoms with E-state index in [1.165, 1.54) is 0 Å². The molecule has 0 N–H and O–H groups in total. The number of rotatable bonds is 5. The van der Waals surface area contributed by atoms with Crippen LogP contribution in [0.2, 0.25) is 0 Å². The zero-order chi connectivity index (χ0) is 13.5. The summed E-state index contributed by atoms with van der Waals surface area (Å²) in [5.41, 5.74) is 2.77. The van der Waals surface area contributed by atoms with Gasteiger partial charge in [0.2, 0.25) is 0 Å². The second-order valence-corrected chi connectivity index (χ2v) is 4.26. The van der Waals surface area contributed by atoms with E-state index in [9.17, 15) is 4.79 Å². The van der Waals surface area contributed by atoms with Gasteiger partial charge in [-0.1, -0.05) is 42.5 Å². The topological polar surface area (TPSA) is 26.3 Å². The van der Waals surface area contributed by atoms with Crippen LogP contribution in [0.3, 0.4) is 0 Å². The van der Waals surface area contributed by atoms with E-state index < -0.39 is 0 Å². The van der Waals surface area contributed by atoms with Gasteiger partial charge in [-0.2, -0.15) is 0 Å². The summed E-state index contributed by atoms with van der Waals surface area (Å²) in [6.45, 7) is 2.39. The Morgan fingerprint density at radius 2 is 1.89 bits per heavy atom. The highest BCUT2D eigenvalue weighted by atomic mass is 16.5. The summed E-state index contributed by atoms with van der Waals surface area (Å²) in [4.78, 5) is 10.8. The Morgan fingerprint density at radius 1 is 1.11 bits per heavy atom. The molecule has 0 saturated heterocycles. The van der Waals surface area contributed by atoms with Crippen LogP contribution >= 0.6 is 0 Å². The van der Waals surface area contributed by atoms with Crippen LogP contribution in [0.15, 0.2) is 54.6 Å². The summed E-state index contributed by atoms with van der Waals surface area (Å²) in [5, 5.41) is 0. The molecule has 0 aromatic heterocycles. The van der Waals surface area contributed by atoms with Crippen molar-refractivity contribution in [2.24, 2.45) is 0 Å². The first-order chi connectivity index (χ1) is 9.29. The average molecular weight is 252 g/mol. The largest absolute Gasteiger partial charge is 0.490 e. The second-order valence-electron chi connectivity index (χ2n) is 4.26. The van der Waals surface area contributed by atoms with Gasteiger partial charge in [0.25, 0.3) is 0 Å². The molecule has 0 unspecified atom stereocenters. The molecule has 0 aliphatic heterocycles. The highest BCUT2D eigenvalue weighted by molar-refractivity contribution is 5.77. The second kappa shape index (κ2) is 6.55. The Bertz CT molecular complexity index is 571. The fraction of sp³-hybridized carbons (Fsp3) is 0.118. The SMILES string of the molecule is Cc1ccc(OCC=Cc2ccccc2)cc1C=O. The van der Waals surface area contributed by atoms with Crippen molar-refractivity contribution in [3.05, 3.63) is 71.3 Å². The lowest BCUT2D eigenvalue weighted by molar-refractivity contribution is 0.112. The molecule has 19 heavy (non-hydrogen) atoms. The molecule has 0 bridgehead atoms. The van der Waals surface area contributed by atoms with Crippen molar-refractivity contribution in [2.75, 3.05) is 6.61 Å². The van der Waals surface area contributed by atoms with Gasteiger partial charge in [0.15, 0.2) is 0 Å². The minimum atomic E-state index is 0.482. The van der Waals surface area contributed by atoms with Crippen molar-refractivity contribution in [3.63, 3.8) is 0 Å². The lowest BCUT2D eigenvalue weighted by atomic mass is 10.1. The first kappa shape index (κ1) is 13.1. The Labute approximate surface area is 113 Å². The van der Waals surface area contributed by atoms with E-state index in [2.05, 4.69) is 0 Å². The molecular formula is C17H16O2. The van der Waals surface area contributed by atoms with Crippen molar-refractivity contribution in [3.8, 4) is 5.75 Å². The zero-order valence-corrected chi connectivity index (χ0v) is 10.9. The predicted molar refractivity (Wildman–Crippen MR) is 77.5 cm³/mol. The molecule has 0 saturated carbocycles. The molecule has 0 aliphatic carbocycles. The number of aldehydes is 1. The Balaban J connectivity index is 1.92. The molecule has 0 amide bonds. The summed E-state index contributed by atoms with van der Waals surface area (Å²) in [5.74, 6) is 0.713. The molecule has 0 heterocycles. The Kier molecular flexibility index (Phi) is 4.51. The number of aryl methyl sites for hydroxylation is 1. The van der Waals surface area contributed by atoms with Crippen molar-refractivity contribution < 1.29 is 9.53 Å². The lowest BCUT2D eigenvalue weighted by Crippen LogP contribution is -1.95. The van der Waals surface area contributed by atoms with E-state index in [0.29, 0.717) is 17.9 Å². The average Bonchev–Trinajstić information content (AvgIpc) is 2.46. The molecule has 0 aliphatic rings. The number of hydrogen-bond acceptors (Lipinski definition) is 2. The summed E-state index contributed by atoms with van der Waals surface area (Å²) >= 11 is 0. The highest BCUT2D eigenvalue weighted by Gasteiger charge is 1.99. The quantitative estimate of drug-likeness (QED) is 0.754. The summed E-state index contributed by atoms with van der Waals surface area (Å²) in [7, 11) is 0. The fourth-order valence-electron chi connectivity index (χ4n) is 1.73. The van der Waals surface area contributed by atoms with Crippen LogP contribution < -0.4 is 4.74 Å². The summed E-state index contributed by atoms with van der Waals surface area (Å²) in [6.07, 6.45) is 4.81. The third-order valence-electron chi connectivity index (χ3n) is 2.83. The lowest BCUT2D eigenvalue weighted by Gasteiger charge is -2.05. The maximum atomic E-state index is 10.8. The van der Waals surface area contributed by atoms with Crippen molar-refractivity contribution >= 4 is 12.4 Å². The van der Waals surface area contributed by atoms with E-state index in [-0.39, 0.29) is 0 Å². The van der Waals surface area contributed by atoms with Crippen molar-refractivity contribution in [1.82, 2.24) is 0 Å². The van der Waals surface area contributed by atoms with Gasteiger partial charge in [-0.05, 0) is 36.3 Å². The van der Waals surface area contributed by atoms with Gasteiger partial charge < -0.3 is 4.74 Å². The number of ether oxygens (including phenoxy) is 1. The van der Waals surface area contributed by atoms with E-state index in [0.717, 1.165) is 17.4 Å². The number of carbonyl (C=O) groups is 1. The Hall–Kier alpha value is -2.35. The first-order valence-corrected chi connectivity index (χ1v) is 6.20. The van der Waals surface area contributed by atoms with E-state index in [1.807, 2.05) is 61.5 Å². The van der Waals surface area contributed by atoms with Crippen molar-refractivity contribution in [1.29, 1.82) is 0 Å². The molecule has 0 atom stereocenters. The van der Waals surface area contributed by atoms with Crippen LogP contribution in [-0.4, -0.2) is 12.9 Å². The van der Waals surface area contributed by atoms with Crippen LogP contribution in [0.4, 0.5) is 0 Å². The number of carbonyl (C=O) groups excluding carboxylic acids is 1. The maximum Gasteiger partial charge on any atom is 0.150 e. The van der Waals surface area contributed by atoms with Crippen LogP contribution in [0.1, 0.15) is 21.5 Å². The van der Waals surface area contributed by atoms with Gasteiger partial charge in [-0.15, -0.1) is 0 Å². The standard InChI is InChI=1S/C17H16O2/c1-14-9-10-17(12-16(14)13-18)19-11-5-8-15-6-3-2-4-7-15/h2-10,12-13H,11H2,1H3. The molecular weight excluding hydrogens is 236 g/mol. The van der Waals surface area contributed by atoms with E-state index >= 15 is 0 Å². The predicted octanol–water partition coefficient (Wildman–Crippen LogP) is 3.90. The molecule has 0 spiro atoms. The molecule has 2 nitrogen and oxygen atoms in total. The summed E-state index contributed by atoms with van der Waals surface area (Å²) < 4.78 is 5.58. The van der Waals surface area contributed by atoms with Gasteiger partial charge in [0, 0.05) is 5.56 Å². The zero-order valence-electron chi connectivity index (χ0n) is 10.9. The van der Waals surface area contributed by atoms with Crippen LogP contribution in [0.5, 0.6) is 5.75 Å². The fourth-order valence-corrected chi connectivity index (χ4v) is 1.73. The molecule has 2 aromatic carbocycles. The number of benzene rings is 2. The van der Waals surface area contributed by atoms with Gasteiger partial charge in [-0.25, -0.2) is 0 Å². The molecule has 96 valence electrons. The molecule has 2 heteroatoms. The third-order valence-corrected chi connectivity index (χ3v) is 2.83. The van der Waals surface area contributed by atoms with Gasteiger partial charge in [0.1, 0.15) is 18.6 Å². The van der Waals surface area contributed by atoms with E-state index in [1.54, 1.807) is 6.07 Å². The molecule has 2 aromatic rings. The Morgan fingerprint density at radius 3 is 2.63 bits per heavy atom. The minimum absolute atomic E-state index is 0.482. The normalized spacial score (nSPS) is 10.6. The molecule has 2 rings (SSSR count). The maximum absolute atomic E-state index is 10.8. The highest BCUT2D eigenvalue weighted by Crippen LogP contribution is 2.16. The van der Waals surface area contributed by atoms with Crippen LogP contribution in [0.25, 0.3) is 6.08 Å². The van der Waals surface area contributed by atoms with Gasteiger partial charge in [0.05, 0.1) is 0 Å². The number of hydrogen-bond donors (Lipinski definition) is 0. The van der Waals surface area contributed by atoms with Gasteiger partial charge >= 0.3 is 0 Å². The molecule has 0 radical (unpaired) electrons. The van der Waals surface area contributed by atoms with E-state index in [4.69, 9.17) is 4.74 Å². The summed E-state index contributed by atoms with van der Waals surface area (Å²) in [6, 6.07) is 15.6. The monoisotopic (exact) mass is 252 g/mol. The molecule has 0 fully saturated rings. The van der Waals surface area contributed by atoms with Crippen molar-refractivity contribution in [2.45, 2.75) is 6.92 Å². The first-order valence-electron chi connectivity index (χ1n) is 6.20. The smallest absolute Gasteiger partial charge is 0.150 e. The third kappa shape index (κ3) is 3.81.